The van der Waals surface area contributed by atoms with Crippen LogP contribution in [-0.2, 0) is 6.42 Å². The van der Waals surface area contributed by atoms with Crippen LogP contribution in [0.2, 0.25) is 0 Å². The fourth-order valence-electron chi connectivity index (χ4n) is 3.27. The molecule has 2 aliphatic rings. The molecule has 1 saturated heterocycles. The Morgan fingerprint density at radius 1 is 1.05 bits per heavy atom. The van der Waals surface area contributed by atoms with Crippen molar-refractivity contribution in [1.29, 1.82) is 0 Å². The van der Waals surface area contributed by atoms with Crippen molar-refractivity contribution in [3.05, 3.63) is 22.6 Å². The Hall–Kier alpha value is -1.58. The van der Waals surface area contributed by atoms with E-state index in [0.29, 0.717) is 17.7 Å². The van der Waals surface area contributed by atoms with Gasteiger partial charge in [0.2, 0.25) is 0 Å². The van der Waals surface area contributed by atoms with Crippen molar-refractivity contribution in [2.75, 3.05) is 13.1 Å². The summed E-state index contributed by atoms with van der Waals surface area (Å²) in [6, 6.07) is 0. The van der Waals surface area contributed by atoms with Gasteiger partial charge in [0.1, 0.15) is 5.76 Å². The highest BCUT2D eigenvalue weighted by Crippen LogP contribution is 2.30. The molecule has 0 atom stereocenters. The van der Waals surface area contributed by atoms with E-state index in [2.05, 4.69) is 0 Å². The number of likely N-dealkylation sites (tertiary alicyclic amines) is 1. The van der Waals surface area contributed by atoms with Crippen molar-refractivity contribution in [3.8, 4) is 0 Å². The summed E-state index contributed by atoms with van der Waals surface area (Å²) in [5, 5.41) is 0. The van der Waals surface area contributed by atoms with Gasteiger partial charge in [-0.2, -0.15) is 0 Å². The van der Waals surface area contributed by atoms with Crippen molar-refractivity contribution >= 4 is 11.7 Å². The van der Waals surface area contributed by atoms with Crippen LogP contribution in [0.5, 0.6) is 0 Å². The van der Waals surface area contributed by atoms with E-state index in [-0.39, 0.29) is 11.7 Å². The molecule has 1 aliphatic carbocycles. The van der Waals surface area contributed by atoms with Gasteiger partial charge < -0.3 is 9.32 Å². The Morgan fingerprint density at radius 2 is 1.75 bits per heavy atom. The van der Waals surface area contributed by atoms with Crippen LogP contribution in [0.4, 0.5) is 0 Å². The van der Waals surface area contributed by atoms with Gasteiger partial charge in [-0.1, -0.05) is 12.8 Å². The minimum absolute atomic E-state index is 0.0356. The second-order valence-electron chi connectivity index (χ2n) is 5.84. The quantitative estimate of drug-likeness (QED) is 0.791. The van der Waals surface area contributed by atoms with Gasteiger partial charge in [-0.05, 0) is 26.2 Å². The maximum absolute atomic E-state index is 12.6. The third-order valence-corrected chi connectivity index (χ3v) is 4.39. The van der Waals surface area contributed by atoms with Gasteiger partial charge in [-0.15, -0.1) is 0 Å². The van der Waals surface area contributed by atoms with Crippen LogP contribution < -0.4 is 0 Å². The zero-order chi connectivity index (χ0) is 14.1. The Balaban J connectivity index is 1.90. The predicted octanol–water partition coefficient (Wildman–Crippen LogP) is 3.12. The first-order valence-corrected chi connectivity index (χ1v) is 7.63. The standard InChI is InChI=1S/C16H21NO3/c1-11-14-12(18)7-6-8-13(14)20-15(11)16(19)17-9-4-2-3-5-10-17/h2-10H2,1H3. The number of amides is 1. The van der Waals surface area contributed by atoms with E-state index in [4.69, 9.17) is 4.42 Å². The molecule has 2 heterocycles. The van der Waals surface area contributed by atoms with Gasteiger partial charge in [0.05, 0.1) is 5.56 Å². The molecule has 108 valence electrons. The Kier molecular flexibility index (Phi) is 3.64. The number of Topliss-reactive ketones (excluding diaryl/α,β-unsaturated/α-hetero) is 1. The normalized spacial score (nSPS) is 19.6. The van der Waals surface area contributed by atoms with Crippen molar-refractivity contribution in [2.24, 2.45) is 0 Å². The monoisotopic (exact) mass is 275 g/mol. The smallest absolute Gasteiger partial charge is 0.289 e. The van der Waals surface area contributed by atoms with E-state index in [1.54, 1.807) is 0 Å². The van der Waals surface area contributed by atoms with Crippen LogP contribution in [-0.4, -0.2) is 29.7 Å². The maximum Gasteiger partial charge on any atom is 0.289 e. The molecule has 1 aliphatic heterocycles. The number of hydrogen-bond acceptors (Lipinski definition) is 3. The second kappa shape index (κ2) is 5.43. The highest BCUT2D eigenvalue weighted by atomic mass is 16.4. The van der Waals surface area contributed by atoms with Crippen molar-refractivity contribution in [2.45, 2.75) is 51.9 Å². The molecule has 1 fully saturated rings. The van der Waals surface area contributed by atoms with Crippen molar-refractivity contribution in [3.63, 3.8) is 0 Å². The molecule has 20 heavy (non-hydrogen) atoms. The molecular formula is C16H21NO3. The lowest BCUT2D eigenvalue weighted by molar-refractivity contribution is 0.0726. The fourth-order valence-corrected chi connectivity index (χ4v) is 3.27. The molecule has 3 rings (SSSR count). The van der Waals surface area contributed by atoms with Gasteiger partial charge in [0.15, 0.2) is 11.5 Å². The van der Waals surface area contributed by atoms with Crippen LogP contribution in [0.3, 0.4) is 0 Å². The average Bonchev–Trinajstić information content (AvgIpc) is 2.65. The molecule has 0 aromatic carbocycles. The zero-order valence-corrected chi connectivity index (χ0v) is 12.0. The SMILES string of the molecule is Cc1c(C(=O)N2CCCCCC2)oc2c1C(=O)CCC2. The highest BCUT2D eigenvalue weighted by Gasteiger charge is 2.30. The highest BCUT2D eigenvalue weighted by molar-refractivity contribution is 6.03. The van der Waals surface area contributed by atoms with Gasteiger partial charge in [0.25, 0.3) is 5.91 Å². The van der Waals surface area contributed by atoms with Crippen LogP contribution in [0.1, 0.15) is 70.8 Å². The molecule has 0 saturated carbocycles. The first kappa shape index (κ1) is 13.4. The fraction of sp³-hybridized carbons (Fsp3) is 0.625. The zero-order valence-electron chi connectivity index (χ0n) is 12.0. The summed E-state index contributed by atoms with van der Waals surface area (Å²) in [4.78, 5) is 26.5. The summed E-state index contributed by atoms with van der Waals surface area (Å²) in [7, 11) is 0. The number of fused-ring (bicyclic) bond motifs is 1. The first-order chi connectivity index (χ1) is 9.68. The topological polar surface area (TPSA) is 50.5 Å². The molecule has 4 heteroatoms. The van der Waals surface area contributed by atoms with E-state index in [1.165, 1.54) is 12.8 Å². The summed E-state index contributed by atoms with van der Waals surface area (Å²) in [6.45, 7) is 3.45. The maximum atomic E-state index is 12.6. The molecule has 0 bridgehead atoms. The second-order valence-corrected chi connectivity index (χ2v) is 5.84. The van der Waals surface area contributed by atoms with E-state index in [0.717, 1.165) is 50.1 Å². The number of nitrogens with zero attached hydrogens (tertiary/aromatic N) is 1. The van der Waals surface area contributed by atoms with Crippen LogP contribution in [0, 0.1) is 6.92 Å². The summed E-state index contributed by atoms with van der Waals surface area (Å²) >= 11 is 0. The average molecular weight is 275 g/mol. The van der Waals surface area contributed by atoms with E-state index < -0.39 is 0 Å². The summed E-state index contributed by atoms with van der Waals surface area (Å²) in [5.74, 6) is 1.21. The minimum Gasteiger partial charge on any atom is -0.455 e. The molecule has 1 aromatic heterocycles. The number of aryl methyl sites for hydroxylation is 1. The van der Waals surface area contributed by atoms with Crippen LogP contribution in [0.25, 0.3) is 0 Å². The largest absolute Gasteiger partial charge is 0.455 e. The molecule has 0 radical (unpaired) electrons. The van der Waals surface area contributed by atoms with Gasteiger partial charge in [-0.3, -0.25) is 9.59 Å². The van der Waals surface area contributed by atoms with E-state index in [1.807, 2.05) is 11.8 Å². The Bertz CT molecular complexity index is 536. The molecule has 4 nitrogen and oxygen atoms in total. The Morgan fingerprint density at radius 3 is 2.40 bits per heavy atom. The number of hydrogen-bond donors (Lipinski definition) is 0. The Labute approximate surface area is 119 Å². The molecular weight excluding hydrogens is 254 g/mol. The third-order valence-electron chi connectivity index (χ3n) is 4.39. The minimum atomic E-state index is -0.0356. The molecule has 0 spiro atoms. The third kappa shape index (κ3) is 2.28. The summed E-state index contributed by atoms with van der Waals surface area (Å²) in [6.07, 6.45) is 6.68. The van der Waals surface area contributed by atoms with E-state index in [9.17, 15) is 9.59 Å². The van der Waals surface area contributed by atoms with Gasteiger partial charge >= 0.3 is 0 Å². The lowest BCUT2D eigenvalue weighted by Crippen LogP contribution is -2.32. The van der Waals surface area contributed by atoms with Crippen LogP contribution in [0.15, 0.2) is 4.42 Å². The van der Waals surface area contributed by atoms with Gasteiger partial charge in [-0.25, -0.2) is 0 Å². The number of rotatable bonds is 1. The number of carbonyl (C=O) groups excluding carboxylic acids is 2. The lowest BCUT2D eigenvalue weighted by atomic mass is 9.94. The summed E-state index contributed by atoms with van der Waals surface area (Å²) in [5.41, 5.74) is 1.42. The lowest BCUT2D eigenvalue weighted by Gasteiger charge is -2.19. The molecule has 1 aromatic rings. The molecule has 0 N–H and O–H groups in total. The van der Waals surface area contributed by atoms with Crippen molar-refractivity contribution in [1.82, 2.24) is 4.90 Å². The molecule has 1 amide bonds. The van der Waals surface area contributed by atoms with Crippen molar-refractivity contribution < 1.29 is 14.0 Å². The number of ketones is 1. The summed E-state index contributed by atoms with van der Waals surface area (Å²) < 4.78 is 5.75. The van der Waals surface area contributed by atoms with Crippen LogP contribution >= 0.6 is 0 Å². The predicted molar refractivity (Wildman–Crippen MR) is 75.1 cm³/mol. The van der Waals surface area contributed by atoms with Gasteiger partial charge in [0, 0.05) is 31.5 Å². The number of carbonyl (C=O) groups is 2. The first-order valence-electron chi connectivity index (χ1n) is 7.63. The van der Waals surface area contributed by atoms with E-state index >= 15 is 0 Å². The molecule has 0 unspecified atom stereocenters. The number of furan rings is 1.